The van der Waals surface area contributed by atoms with E-state index < -0.39 is 11.6 Å². The van der Waals surface area contributed by atoms with Gasteiger partial charge in [0.1, 0.15) is 0 Å². The maximum absolute atomic E-state index is 13.1. The quantitative estimate of drug-likeness (QED) is 0.532. The molecule has 0 aromatic heterocycles. The average molecular weight is 271 g/mol. The average Bonchev–Trinajstić information content (AvgIpc) is 2.20. The molecule has 1 aliphatic carbocycles. The Morgan fingerprint density at radius 3 is 2.61 bits per heavy atom. The molecule has 0 nitrogen and oxygen atoms in total. The van der Waals surface area contributed by atoms with Crippen LogP contribution in [0.15, 0.2) is 29.8 Å². The summed E-state index contributed by atoms with van der Waals surface area (Å²) in [4.78, 5) is 0. The van der Waals surface area contributed by atoms with Gasteiger partial charge in [-0.3, -0.25) is 0 Å². The third-order valence-corrected chi connectivity index (χ3v) is 3.57. The van der Waals surface area contributed by atoms with Crippen molar-refractivity contribution in [3.63, 3.8) is 0 Å². The monoisotopic (exact) mass is 270 g/mol. The molecule has 18 heavy (non-hydrogen) atoms. The molecule has 0 saturated heterocycles. The molecule has 1 atom stereocenters. The molecule has 3 heteroatoms. The van der Waals surface area contributed by atoms with Gasteiger partial charge in [-0.15, -0.1) is 11.6 Å². The highest BCUT2D eigenvalue weighted by atomic mass is 35.5. The maximum Gasteiger partial charge on any atom is 0.159 e. The summed E-state index contributed by atoms with van der Waals surface area (Å²) in [6.07, 6.45) is 4.60. The molecule has 2 rings (SSSR count). The van der Waals surface area contributed by atoms with Crippen molar-refractivity contribution in [2.24, 2.45) is 5.41 Å². The van der Waals surface area contributed by atoms with Crippen LogP contribution in [0.1, 0.15) is 32.3 Å². The van der Waals surface area contributed by atoms with Crippen LogP contribution >= 0.6 is 11.6 Å². The molecule has 0 fully saturated rings. The Labute approximate surface area is 112 Å². The molecule has 0 aliphatic heterocycles. The lowest BCUT2D eigenvalue weighted by molar-refractivity contribution is 0.320. The highest BCUT2D eigenvalue weighted by Crippen LogP contribution is 2.38. The molecular formula is C15H17ClF2. The first kappa shape index (κ1) is 13.5. The van der Waals surface area contributed by atoms with E-state index >= 15 is 0 Å². The minimum Gasteiger partial charge on any atom is -0.204 e. The third-order valence-electron chi connectivity index (χ3n) is 3.28. The Morgan fingerprint density at radius 2 is 2.00 bits per heavy atom. The second-order valence-electron chi connectivity index (χ2n) is 5.81. The smallest absolute Gasteiger partial charge is 0.159 e. The summed E-state index contributed by atoms with van der Waals surface area (Å²) in [5.41, 5.74) is 2.17. The van der Waals surface area contributed by atoms with Crippen molar-refractivity contribution in [3.8, 4) is 0 Å². The van der Waals surface area contributed by atoms with Gasteiger partial charge in [0.25, 0.3) is 0 Å². The van der Waals surface area contributed by atoms with E-state index in [2.05, 4.69) is 13.8 Å². The number of allylic oxidation sites excluding steroid dienone is 2. The van der Waals surface area contributed by atoms with Gasteiger partial charge < -0.3 is 0 Å². The van der Waals surface area contributed by atoms with Crippen molar-refractivity contribution >= 4 is 11.6 Å². The van der Waals surface area contributed by atoms with Crippen molar-refractivity contribution in [3.05, 3.63) is 47.0 Å². The van der Waals surface area contributed by atoms with Gasteiger partial charge in [0.2, 0.25) is 0 Å². The largest absolute Gasteiger partial charge is 0.204 e. The zero-order chi connectivity index (χ0) is 13.3. The van der Waals surface area contributed by atoms with Gasteiger partial charge in [-0.25, -0.2) is 8.78 Å². The molecule has 1 aromatic rings. The van der Waals surface area contributed by atoms with Gasteiger partial charge in [0.15, 0.2) is 11.6 Å². The van der Waals surface area contributed by atoms with Crippen LogP contribution in [0.4, 0.5) is 8.78 Å². The second kappa shape index (κ2) is 5.00. The summed E-state index contributed by atoms with van der Waals surface area (Å²) >= 11 is 6.21. The van der Waals surface area contributed by atoms with Crippen LogP contribution in [0.5, 0.6) is 0 Å². The molecule has 1 unspecified atom stereocenters. The van der Waals surface area contributed by atoms with Crippen LogP contribution in [-0.4, -0.2) is 5.38 Å². The number of hydrogen-bond donors (Lipinski definition) is 0. The summed E-state index contributed by atoms with van der Waals surface area (Å²) in [7, 11) is 0. The Balaban J connectivity index is 2.16. The molecule has 1 aliphatic rings. The summed E-state index contributed by atoms with van der Waals surface area (Å²) in [6, 6.07) is 4.07. The maximum atomic E-state index is 13.1. The van der Waals surface area contributed by atoms with Crippen LogP contribution in [0, 0.1) is 17.0 Å². The molecule has 98 valence electrons. The van der Waals surface area contributed by atoms with Gasteiger partial charge >= 0.3 is 0 Å². The number of halogens is 3. The molecule has 0 spiro atoms. The lowest BCUT2D eigenvalue weighted by Crippen LogP contribution is -2.22. The standard InChI is InChI=1S/C15H17ClF2/c1-15(2)8-11(6-12(16)9-15)5-10-3-4-13(17)14(18)7-10/h3-4,6-7,12H,5,8-9H2,1-2H3. The fourth-order valence-corrected chi connectivity index (χ4v) is 3.22. The summed E-state index contributed by atoms with van der Waals surface area (Å²) < 4.78 is 26.0. The zero-order valence-electron chi connectivity index (χ0n) is 10.6. The van der Waals surface area contributed by atoms with E-state index in [1.54, 1.807) is 6.07 Å². The van der Waals surface area contributed by atoms with E-state index in [-0.39, 0.29) is 10.8 Å². The lowest BCUT2D eigenvalue weighted by Gasteiger charge is -2.32. The highest BCUT2D eigenvalue weighted by Gasteiger charge is 2.27. The van der Waals surface area contributed by atoms with Crippen LogP contribution < -0.4 is 0 Å². The van der Waals surface area contributed by atoms with Gasteiger partial charge in [0, 0.05) is 0 Å². The third kappa shape index (κ3) is 3.32. The summed E-state index contributed by atoms with van der Waals surface area (Å²) in [5, 5.41) is 0.0362. The Kier molecular flexibility index (Phi) is 3.76. The second-order valence-corrected chi connectivity index (χ2v) is 6.37. The number of rotatable bonds is 2. The lowest BCUT2D eigenvalue weighted by atomic mass is 9.76. The Hall–Kier alpha value is -0.890. The first-order chi connectivity index (χ1) is 8.35. The number of hydrogen-bond acceptors (Lipinski definition) is 0. The normalized spacial score (nSPS) is 22.7. The zero-order valence-corrected chi connectivity index (χ0v) is 11.4. The topological polar surface area (TPSA) is 0 Å². The fourth-order valence-electron chi connectivity index (χ4n) is 2.62. The van der Waals surface area contributed by atoms with Crippen molar-refractivity contribution in [1.29, 1.82) is 0 Å². The van der Waals surface area contributed by atoms with Crippen molar-refractivity contribution < 1.29 is 8.78 Å². The predicted molar refractivity (Wildman–Crippen MR) is 70.8 cm³/mol. The van der Waals surface area contributed by atoms with Gasteiger partial charge in [-0.2, -0.15) is 0 Å². The van der Waals surface area contributed by atoms with Crippen LogP contribution in [-0.2, 0) is 6.42 Å². The molecular weight excluding hydrogens is 254 g/mol. The predicted octanol–water partition coefficient (Wildman–Crippen LogP) is 4.86. The molecule has 0 saturated carbocycles. The Morgan fingerprint density at radius 1 is 1.28 bits per heavy atom. The molecule has 0 amide bonds. The van der Waals surface area contributed by atoms with Gasteiger partial charge in [-0.1, -0.05) is 31.6 Å². The van der Waals surface area contributed by atoms with Crippen LogP contribution in [0.25, 0.3) is 0 Å². The molecule has 0 N–H and O–H groups in total. The summed E-state index contributed by atoms with van der Waals surface area (Å²) in [5.74, 6) is -1.59. The van der Waals surface area contributed by atoms with E-state index in [4.69, 9.17) is 11.6 Å². The van der Waals surface area contributed by atoms with Crippen LogP contribution in [0.3, 0.4) is 0 Å². The van der Waals surface area contributed by atoms with E-state index in [1.165, 1.54) is 17.7 Å². The van der Waals surface area contributed by atoms with Crippen molar-refractivity contribution in [1.82, 2.24) is 0 Å². The molecule has 0 radical (unpaired) electrons. The fraction of sp³-hybridized carbons (Fsp3) is 0.467. The number of benzene rings is 1. The van der Waals surface area contributed by atoms with E-state index in [9.17, 15) is 8.78 Å². The Bertz CT molecular complexity index is 477. The first-order valence-electron chi connectivity index (χ1n) is 6.13. The minimum absolute atomic E-state index is 0.0362. The SMILES string of the molecule is CC1(C)CC(Cc2ccc(F)c(F)c2)=CC(Cl)C1. The van der Waals surface area contributed by atoms with Gasteiger partial charge in [-0.05, 0) is 42.4 Å². The minimum atomic E-state index is -0.799. The molecule has 0 bridgehead atoms. The van der Waals surface area contributed by atoms with E-state index in [0.717, 1.165) is 18.4 Å². The van der Waals surface area contributed by atoms with E-state index in [0.29, 0.717) is 6.42 Å². The summed E-state index contributed by atoms with van der Waals surface area (Å²) in [6.45, 7) is 4.36. The van der Waals surface area contributed by atoms with Crippen molar-refractivity contribution in [2.45, 2.75) is 38.5 Å². The number of alkyl halides is 1. The van der Waals surface area contributed by atoms with E-state index in [1.807, 2.05) is 6.08 Å². The van der Waals surface area contributed by atoms with Crippen LogP contribution in [0.2, 0.25) is 0 Å². The first-order valence-corrected chi connectivity index (χ1v) is 6.57. The molecule has 0 heterocycles. The highest BCUT2D eigenvalue weighted by molar-refractivity contribution is 6.21. The molecule has 1 aromatic carbocycles. The van der Waals surface area contributed by atoms with Gasteiger partial charge in [0.05, 0.1) is 5.38 Å². The van der Waals surface area contributed by atoms with Crippen molar-refractivity contribution in [2.75, 3.05) is 0 Å².